The second kappa shape index (κ2) is 5.95. The first-order chi connectivity index (χ1) is 6.51. The van der Waals surface area contributed by atoms with Gasteiger partial charge in [-0.3, -0.25) is 9.59 Å². The van der Waals surface area contributed by atoms with Gasteiger partial charge in [-0.15, -0.1) is 0 Å². The Bertz CT molecular complexity index is 221. The molecule has 80 valence electrons. The van der Waals surface area contributed by atoms with Gasteiger partial charge < -0.3 is 15.7 Å². The first-order valence-corrected chi connectivity index (χ1v) is 4.32. The quantitative estimate of drug-likeness (QED) is 0.521. The van der Waals surface area contributed by atoms with Gasteiger partial charge >= 0.3 is 5.97 Å². The predicted molar refractivity (Wildman–Crippen MR) is 48.3 cm³/mol. The summed E-state index contributed by atoms with van der Waals surface area (Å²) in [5.74, 6) is -2.13. The van der Waals surface area contributed by atoms with E-state index in [-0.39, 0.29) is 12.8 Å². The minimum absolute atomic E-state index is 0.172. The number of hydrogen-bond donors (Lipinski definition) is 3. The molecule has 14 heavy (non-hydrogen) atoms. The maximum absolute atomic E-state index is 10.9. The van der Waals surface area contributed by atoms with E-state index in [1.165, 1.54) is 0 Å². The zero-order valence-corrected chi connectivity index (χ0v) is 8.16. The molecule has 6 nitrogen and oxygen atoms in total. The lowest BCUT2D eigenvalue weighted by molar-refractivity contribution is -0.144. The Morgan fingerprint density at radius 3 is 1.64 bits per heavy atom. The highest BCUT2D eigenvalue weighted by Gasteiger charge is 2.20. The van der Waals surface area contributed by atoms with E-state index >= 15 is 0 Å². The summed E-state index contributed by atoms with van der Waals surface area (Å²) in [5.41, 5.74) is 0. The molecule has 0 heterocycles. The van der Waals surface area contributed by atoms with E-state index in [1.807, 2.05) is 0 Å². The van der Waals surface area contributed by atoms with Crippen LogP contribution in [0.25, 0.3) is 0 Å². The van der Waals surface area contributed by atoms with E-state index in [0.29, 0.717) is 0 Å². The van der Waals surface area contributed by atoms with Crippen LogP contribution in [-0.4, -0.2) is 29.1 Å². The molecule has 0 aliphatic carbocycles. The zero-order chi connectivity index (χ0) is 11.1. The van der Waals surface area contributed by atoms with Gasteiger partial charge in [0.1, 0.15) is 0 Å². The van der Waals surface area contributed by atoms with Crippen LogP contribution in [0.5, 0.6) is 0 Å². The fraction of sp³-hybridized carbons (Fsp3) is 0.625. The van der Waals surface area contributed by atoms with Crippen molar-refractivity contribution in [3.63, 3.8) is 0 Å². The van der Waals surface area contributed by atoms with Gasteiger partial charge in [0, 0.05) is 12.8 Å². The fourth-order valence-corrected chi connectivity index (χ4v) is 0.686. The Morgan fingerprint density at radius 1 is 1.07 bits per heavy atom. The van der Waals surface area contributed by atoms with Crippen LogP contribution in [0.4, 0.5) is 0 Å². The van der Waals surface area contributed by atoms with Gasteiger partial charge in [-0.1, -0.05) is 13.8 Å². The van der Waals surface area contributed by atoms with Crippen molar-refractivity contribution in [2.45, 2.75) is 32.9 Å². The van der Waals surface area contributed by atoms with Crippen LogP contribution in [0.1, 0.15) is 26.7 Å². The van der Waals surface area contributed by atoms with Crippen molar-refractivity contribution >= 4 is 17.8 Å². The summed E-state index contributed by atoms with van der Waals surface area (Å²) in [6, 6.07) is 0. The van der Waals surface area contributed by atoms with Gasteiger partial charge in [0.05, 0.1) is 0 Å². The number of aliphatic carboxylic acids is 1. The molecule has 0 atom stereocenters. The second-order valence-electron chi connectivity index (χ2n) is 2.61. The molecule has 3 N–H and O–H groups in total. The van der Waals surface area contributed by atoms with Crippen LogP contribution >= 0.6 is 0 Å². The van der Waals surface area contributed by atoms with E-state index in [2.05, 4.69) is 10.6 Å². The van der Waals surface area contributed by atoms with Crippen molar-refractivity contribution in [3.05, 3.63) is 0 Å². The SMILES string of the molecule is CCC(=O)NC(NC(=O)CC)C(=O)O. The Labute approximate surface area is 81.7 Å². The molecule has 0 saturated carbocycles. The van der Waals surface area contributed by atoms with Crippen LogP contribution in [0.15, 0.2) is 0 Å². The van der Waals surface area contributed by atoms with Crippen LogP contribution in [-0.2, 0) is 14.4 Å². The van der Waals surface area contributed by atoms with Crippen LogP contribution < -0.4 is 10.6 Å². The molecular formula is C8H14N2O4. The molecule has 0 aliphatic heterocycles. The van der Waals surface area contributed by atoms with E-state index in [9.17, 15) is 14.4 Å². The van der Waals surface area contributed by atoms with Gasteiger partial charge in [0.15, 0.2) is 0 Å². The van der Waals surface area contributed by atoms with Gasteiger partial charge in [-0.2, -0.15) is 0 Å². The van der Waals surface area contributed by atoms with Gasteiger partial charge in [-0.05, 0) is 0 Å². The lowest BCUT2D eigenvalue weighted by Crippen LogP contribution is -2.52. The number of rotatable bonds is 5. The van der Waals surface area contributed by atoms with Crippen molar-refractivity contribution in [2.75, 3.05) is 0 Å². The average molecular weight is 202 g/mol. The number of carboxylic acid groups (broad SMARTS) is 1. The first-order valence-electron chi connectivity index (χ1n) is 4.32. The standard InChI is InChI=1S/C8H14N2O4/c1-3-5(11)9-7(8(13)14)10-6(12)4-2/h7H,3-4H2,1-2H3,(H,9,11)(H,10,12)(H,13,14). The molecule has 0 unspecified atom stereocenters. The molecule has 0 aromatic carbocycles. The largest absolute Gasteiger partial charge is 0.478 e. The molecule has 0 aromatic rings. The molecule has 0 bridgehead atoms. The summed E-state index contributed by atoms with van der Waals surface area (Å²) in [4.78, 5) is 32.3. The fourth-order valence-electron chi connectivity index (χ4n) is 0.686. The van der Waals surface area contributed by atoms with E-state index in [1.54, 1.807) is 13.8 Å². The maximum Gasteiger partial charge on any atom is 0.347 e. The lowest BCUT2D eigenvalue weighted by atomic mass is 10.3. The van der Waals surface area contributed by atoms with E-state index in [0.717, 1.165) is 0 Å². The molecule has 2 amide bonds. The van der Waals surface area contributed by atoms with Crippen LogP contribution in [0.3, 0.4) is 0 Å². The van der Waals surface area contributed by atoms with Crippen molar-refractivity contribution in [1.82, 2.24) is 10.6 Å². The highest BCUT2D eigenvalue weighted by Crippen LogP contribution is 1.85. The first kappa shape index (κ1) is 12.4. The Balaban J connectivity index is 4.23. The van der Waals surface area contributed by atoms with E-state index < -0.39 is 23.9 Å². The Morgan fingerprint density at radius 2 is 1.43 bits per heavy atom. The number of carboxylic acids is 1. The summed E-state index contributed by atoms with van der Waals surface area (Å²) in [6.07, 6.45) is -0.993. The summed E-state index contributed by atoms with van der Waals surface area (Å²) < 4.78 is 0. The van der Waals surface area contributed by atoms with Gasteiger partial charge in [-0.25, -0.2) is 4.79 Å². The monoisotopic (exact) mass is 202 g/mol. The molecule has 0 fully saturated rings. The topological polar surface area (TPSA) is 95.5 Å². The second-order valence-corrected chi connectivity index (χ2v) is 2.61. The predicted octanol–water partition coefficient (Wildman–Crippen LogP) is -0.550. The number of amides is 2. The third kappa shape index (κ3) is 4.44. The molecule has 0 saturated heterocycles. The van der Waals surface area contributed by atoms with Gasteiger partial charge in [0.25, 0.3) is 0 Å². The molecular weight excluding hydrogens is 188 g/mol. The average Bonchev–Trinajstić information content (AvgIpc) is 2.16. The smallest absolute Gasteiger partial charge is 0.347 e. The Kier molecular flexibility index (Phi) is 5.28. The molecule has 0 aromatic heterocycles. The zero-order valence-electron chi connectivity index (χ0n) is 8.16. The molecule has 6 heteroatoms. The van der Waals surface area contributed by atoms with Gasteiger partial charge in [0.2, 0.25) is 18.0 Å². The van der Waals surface area contributed by atoms with E-state index in [4.69, 9.17) is 5.11 Å². The lowest BCUT2D eigenvalue weighted by Gasteiger charge is -2.14. The number of hydrogen-bond acceptors (Lipinski definition) is 3. The minimum Gasteiger partial charge on any atom is -0.478 e. The van der Waals surface area contributed by atoms with Crippen molar-refractivity contribution in [3.8, 4) is 0 Å². The third-order valence-corrected chi connectivity index (χ3v) is 1.50. The summed E-state index contributed by atoms with van der Waals surface area (Å²) in [5, 5.41) is 13.0. The highest BCUT2D eigenvalue weighted by molar-refractivity contribution is 5.87. The third-order valence-electron chi connectivity index (χ3n) is 1.50. The molecule has 0 aliphatic rings. The number of nitrogens with one attached hydrogen (secondary N) is 2. The summed E-state index contributed by atoms with van der Waals surface area (Å²) >= 11 is 0. The Hall–Kier alpha value is -1.59. The van der Waals surface area contributed by atoms with Crippen molar-refractivity contribution in [1.29, 1.82) is 0 Å². The van der Waals surface area contributed by atoms with Crippen molar-refractivity contribution < 1.29 is 19.5 Å². The molecule has 0 spiro atoms. The maximum atomic E-state index is 10.9. The number of carbonyl (C=O) groups excluding carboxylic acids is 2. The number of carbonyl (C=O) groups is 3. The highest BCUT2D eigenvalue weighted by atomic mass is 16.4. The normalized spacial score (nSPS) is 9.64. The summed E-state index contributed by atoms with van der Waals surface area (Å²) in [6.45, 7) is 3.19. The van der Waals surface area contributed by atoms with Crippen LogP contribution in [0.2, 0.25) is 0 Å². The molecule has 0 radical (unpaired) electrons. The minimum atomic E-state index is -1.34. The van der Waals surface area contributed by atoms with Crippen LogP contribution in [0, 0.1) is 0 Å². The summed E-state index contributed by atoms with van der Waals surface area (Å²) in [7, 11) is 0. The molecule has 0 rings (SSSR count). The van der Waals surface area contributed by atoms with Crippen molar-refractivity contribution in [2.24, 2.45) is 0 Å².